The van der Waals surface area contributed by atoms with E-state index in [-0.39, 0.29) is 16.4 Å². The fraction of sp³-hybridized carbons (Fsp3) is 0.0435. The van der Waals surface area contributed by atoms with Crippen LogP contribution in [0.2, 0.25) is 0 Å². The normalized spacial score (nSPS) is 15.1. The molecule has 0 bridgehead atoms. The molecule has 0 N–H and O–H groups in total. The van der Waals surface area contributed by atoms with Gasteiger partial charge in [-0.25, -0.2) is 4.90 Å². The van der Waals surface area contributed by atoms with Crippen LogP contribution in [-0.2, 0) is 11.0 Å². The molecule has 1 aliphatic heterocycles. The average Bonchev–Trinajstić information content (AvgIpc) is 3.08. The fourth-order valence-corrected chi connectivity index (χ4v) is 4.47. The smallest absolute Gasteiger partial charge is 0.416 e. The molecule has 0 aliphatic carbocycles. The number of nitrogens with zero attached hydrogens (tertiary/aromatic N) is 2. The molecule has 0 spiro atoms. The molecule has 0 aromatic heterocycles. The lowest BCUT2D eigenvalue weighted by molar-refractivity contribution is -0.385. The zero-order chi connectivity index (χ0) is 25.3. The molecular formula is C23H12BrF3N2O5S. The maximum absolute atomic E-state index is 12.9. The van der Waals surface area contributed by atoms with Gasteiger partial charge in [-0.05, 0) is 75.7 Å². The van der Waals surface area contributed by atoms with E-state index in [1.54, 1.807) is 36.4 Å². The Morgan fingerprint density at radius 2 is 1.69 bits per heavy atom. The van der Waals surface area contributed by atoms with E-state index in [0.29, 0.717) is 27.9 Å². The topological polar surface area (TPSA) is 89.7 Å². The first kappa shape index (κ1) is 24.5. The number of ether oxygens (including phenoxy) is 1. The number of imide groups is 1. The molecule has 2 amide bonds. The molecule has 178 valence electrons. The molecule has 1 saturated heterocycles. The lowest BCUT2D eigenvalue weighted by Crippen LogP contribution is -2.27. The van der Waals surface area contributed by atoms with E-state index in [0.717, 1.165) is 22.7 Å². The Bertz CT molecular complexity index is 1380. The second kappa shape index (κ2) is 9.55. The van der Waals surface area contributed by atoms with E-state index in [4.69, 9.17) is 4.74 Å². The number of halogens is 4. The molecule has 35 heavy (non-hydrogen) atoms. The zero-order valence-electron chi connectivity index (χ0n) is 17.3. The van der Waals surface area contributed by atoms with Gasteiger partial charge in [-0.3, -0.25) is 19.7 Å². The van der Waals surface area contributed by atoms with Crippen LogP contribution in [0.5, 0.6) is 11.5 Å². The molecule has 7 nitrogen and oxygen atoms in total. The predicted octanol–water partition coefficient (Wildman–Crippen LogP) is 7.41. The van der Waals surface area contributed by atoms with Crippen molar-refractivity contribution in [3.8, 4) is 11.5 Å². The third-order valence-corrected chi connectivity index (χ3v) is 6.25. The number of nitro groups is 1. The number of para-hydroxylation sites is 1. The van der Waals surface area contributed by atoms with Gasteiger partial charge in [0.25, 0.3) is 11.1 Å². The summed E-state index contributed by atoms with van der Waals surface area (Å²) in [6.07, 6.45) is -3.24. The van der Waals surface area contributed by atoms with Crippen molar-refractivity contribution >= 4 is 56.3 Å². The van der Waals surface area contributed by atoms with Gasteiger partial charge < -0.3 is 4.74 Å². The van der Waals surface area contributed by atoms with Crippen LogP contribution in [0.4, 0.5) is 29.3 Å². The first-order chi connectivity index (χ1) is 16.5. The van der Waals surface area contributed by atoms with Crippen LogP contribution in [0, 0.1) is 10.1 Å². The van der Waals surface area contributed by atoms with E-state index >= 15 is 0 Å². The number of anilines is 1. The SMILES string of the molecule is O=C1S/C(=C\c2ccc(Oc3ccc(C(F)(F)F)cc3[N+](=O)[O-])c(Br)c2)C(=O)N1c1ccccc1. The Balaban J connectivity index is 1.58. The highest BCUT2D eigenvalue weighted by atomic mass is 79.9. The molecule has 1 fully saturated rings. The molecule has 1 aliphatic rings. The number of hydrogen-bond acceptors (Lipinski definition) is 6. The van der Waals surface area contributed by atoms with Gasteiger partial charge in [0.2, 0.25) is 5.75 Å². The van der Waals surface area contributed by atoms with Gasteiger partial charge in [0.1, 0.15) is 5.75 Å². The molecule has 1 heterocycles. The minimum Gasteiger partial charge on any atom is -0.449 e. The highest BCUT2D eigenvalue weighted by Gasteiger charge is 2.36. The molecule has 0 radical (unpaired) electrons. The van der Waals surface area contributed by atoms with Gasteiger partial charge in [-0.1, -0.05) is 24.3 Å². The van der Waals surface area contributed by atoms with Gasteiger partial charge >= 0.3 is 11.9 Å². The highest BCUT2D eigenvalue weighted by molar-refractivity contribution is 9.10. The minimum atomic E-state index is -4.74. The Kier molecular flexibility index (Phi) is 6.68. The summed E-state index contributed by atoms with van der Waals surface area (Å²) in [6, 6.07) is 14.9. The third kappa shape index (κ3) is 5.23. The van der Waals surface area contributed by atoms with Crippen molar-refractivity contribution in [2.24, 2.45) is 0 Å². The molecule has 0 saturated carbocycles. The number of alkyl halides is 3. The highest BCUT2D eigenvalue weighted by Crippen LogP contribution is 2.40. The van der Waals surface area contributed by atoms with E-state index in [1.807, 2.05) is 0 Å². The molecule has 3 aromatic rings. The van der Waals surface area contributed by atoms with Crippen molar-refractivity contribution in [1.29, 1.82) is 0 Å². The molecular weight excluding hydrogens is 553 g/mol. The quantitative estimate of drug-likeness (QED) is 0.182. The van der Waals surface area contributed by atoms with Crippen LogP contribution in [0.15, 0.2) is 76.1 Å². The summed E-state index contributed by atoms with van der Waals surface area (Å²) in [4.78, 5) is 36.7. The summed E-state index contributed by atoms with van der Waals surface area (Å²) in [7, 11) is 0. The summed E-state index contributed by atoms with van der Waals surface area (Å²) >= 11 is 4.04. The summed E-state index contributed by atoms with van der Waals surface area (Å²) in [5.41, 5.74) is -1.05. The molecule has 3 aromatic carbocycles. The maximum Gasteiger partial charge on any atom is 0.416 e. The van der Waals surface area contributed by atoms with E-state index in [1.165, 1.54) is 18.2 Å². The molecule has 4 rings (SSSR count). The number of amides is 2. The first-order valence-electron chi connectivity index (χ1n) is 9.70. The van der Waals surface area contributed by atoms with E-state index in [9.17, 15) is 32.9 Å². The average molecular weight is 565 g/mol. The largest absolute Gasteiger partial charge is 0.449 e. The van der Waals surface area contributed by atoms with Crippen molar-refractivity contribution in [1.82, 2.24) is 0 Å². The first-order valence-corrected chi connectivity index (χ1v) is 11.3. The van der Waals surface area contributed by atoms with Gasteiger partial charge in [0.15, 0.2) is 0 Å². The van der Waals surface area contributed by atoms with Crippen molar-refractivity contribution in [2.75, 3.05) is 4.90 Å². The number of benzene rings is 3. The van der Waals surface area contributed by atoms with Crippen molar-refractivity contribution in [3.05, 3.63) is 97.3 Å². The van der Waals surface area contributed by atoms with E-state index < -0.39 is 33.5 Å². The van der Waals surface area contributed by atoms with Crippen LogP contribution in [0.3, 0.4) is 0 Å². The number of nitro benzene ring substituents is 1. The second-order valence-corrected chi connectivity index (χ2v) is 8.93. The molecule has 0 atom stereocenters. The Morgan fingerprint density at radius 1 is 1.00 bits per heavy atom. The fourth-order valence-electron chi connectivity index (χ4n) is 3.15. The van der Waals surface area contributed by atoms with Crippen LogP contribution in [0.1, 0.15) is 11.1 Å². The summed E-state index contributed by atoms with van der Waals surface area (Å²) in [6.45, 7) is 0. The van der Waals surface area contributed by atoms with Crippen molar-refractivity contribution in [2.45, 2.75) is 6.18 Å². The Labute approximate surface area is 208 Å². The van der Waals surface area contributed by atoms with Gasteiger partial charge in [0.05, 0.1) is 25.6 Å². The van der Waals surface area contributed by atoms with Crippen molar-refractivity contribution in [3.63, 3.8) is 0 Å². The van der Waals surface area contributed by atoms with Crippen LogP contribution >= 0.6 is 27.7 Å². The van der Waals surface area contributed by atoms with Crippen LogP contribution < -0.4 is 9.64 Å². The molecule has 12 heteroatoms. The Hall–Kier alpha value is -3.64. The number of thioether (sulfide) groups is 1. The number of carbonyl (C=O) groups is 2. The van der Waals surface area contributed by atoms with Gasteiger partial charge in [-0.2, -0.15) is 13.2 Å². The Morgan fingerprint density at radius 3 is 2.31 bits per heavy atom. The number of rotatable bonds is 5. The predicted molar refractivity (Wildman–Crippen MR) is 127 cm³/mol. The lowest BCUT2D eigenvalue weighted by Gasteiger charge is -2.12. The summed E-state index contributed by atoms with van der Waals surface area (Å²) in [5, 5.41) is 10.8. The molecule has 0 unspecified atom stereocenters. The standard InChI is InChI=1S/C23H12BrF3N2O5S/c24-16-10-13(11-20-21(30)28(22(31)35-20)15-4-2-1-3-5-15)6-8-18(16)34-19-9-7-14(23(25,26)27)12-17(19)29(32)33/h1-12H/b20-11-. The van der Waals surface area contributed by atoms with Crippen molar-refractivity contribution < 1.29 is 32.4 Å². The van der Waals surface area contributed by atoms with Gasteiger partial charge in [-0.15, -0.1) is 0 Å². The van der Waals surface area contributed by atoms with E-state index in [2.05, 4.69) is 15.9 Å². The van der Waals surface area contributed by atoms with Gasteiger partial charge in [0, 0.05) is 6.07 Å². The summed E-state index contributed by atoms with van der Waals surface area (Å²) < 4.78 is 44.6. The van der Waals surface area contributed by atoms with Crippen LogP contribution in [-0.4, -0.2) is 16.1 Å². The number of carbonyl (C=O) groups excluding carboxylic acids is 2. The maximum atomic E-state index is 12.9. The third-order valence-electron chi connectivity index (χ3n) is 4.76. The zero-order valence-corrected chi connectivity index (χ0v) is 19.7. The monoisotopic (exact) mass is 564 g/mol. The summed E-state index contributed by atoms with van der Waals surface area (Å²) in [5.74, 6) is -0.758. The lowest BCUT2D eigenvalue weighted by atomic mass is 10.1. The second-order valence-electron chi connectivity index (χ2n) is 7.08. The minimum absolute atomic E-state index is 0.0994. The number of hydrogen-bond donors (Lipinski definition) is 0. The van der Waals surface area contributed by atoms with Crippen LogP contribution in [0.25, 0.3) is 6.08 Å².